The maximum Gasteiger partial charge on any atom is 0.374 e. The number of aromatic nitrogens is 1. The van der Waals surface area contributed by atoms with Crippen molar-refractivity contribution in [2.45, 2.75) is 27.7 Å². The average molecular weight is 407 g/mol. The maximum absolute atomic E-state index is 12.4. The Hall–Kier alpha value is -3.74. The number of esters is 1. The lowest BCUT2D eigenvalue weighted by Gasteiger charge is -2.03. The molecule has 30 heavy (non-hydrogen) atoms. The van der Waals surface area contributed by atoms with Gasteiger partial charge in [0, 0.05) is 22.4 Å². The van der Waals surface area contributed by atoms with Crippen molar-refractivity contribution in [2.75, 3.05) is 6.61 Å². The molecule has 0 spiro atoms. The van der Waals surface area contributed by atoms with Gasteiger partial charge in [-0.2, -0.15) is 0 Å². The topological polar surface area (TPSA) is 106 Å². The van der Waals surface area contributed by atoms with E-state index in [0.717, 1.165) is 0 Å². The largest absolute Gasteiger partial charge is 0.451 e. The van der Waals surface area contributed by atoms with Crippen LogP contribution >= 0.6 is 0 Å². The number of benzene rings is 1. The van der Waals surface area contributed by atoms with Crippen molar-refractivity contribution in [3.63, 3.8) is 0 Å². The van der Waals surface area contributed by atoms with Gasteiger partial charge in [-0.1, -0.05) is 24.3 Å². The van der Waals surface area contributed by atoms with Crippen LogP contribution < -0.4 is 0 Å². The Morgan fingerprint density at radius 1 is 0.933 bits per heavy atom. The summed E-state index contributed by atoms with van der Waals surface area (Å²) in [5, 5.41) is 0. The summed E-state index contributed by atoms with van der Waals surface area (Å²) in [4.78, 5) is 50.6. The molecule has 0 unspecified atom stereocenters. The van der Waals surface area contributed by atoms with Crippen molar-refractivity contribution < 1.29 is 28.3 Å². The highest BCUT2D eigenvalue weighted by Crippen LogP contribution is 2.23. The normalized spacial score (nSPS) is 10.7. The summed E-state index contributed by atoms with van der Waals surface area (Å²) in [7, 11) is 0. The number of aromatic amines is 1. The van der Waals surface area contributed by atoms with Gasteiger partial charge in [-0.25, -0.2) is 4.79 Å². The first-order valence-electron chi connectivity index (χ1n) is 9.30. The zero-order valence-corrected chi connectivity index (χ0v) is 17.1. The molecule has 7 heteroatoms. The van der Waals surface area contributed by atoms with Gasteiger partial charge >= 0.3 is 5.97 Å². The standard InChI is InChI=1S/C23H21NO6/c1-12-21(15(4)26)13(2)24-22(12)18(27)11-29-23(28)20-10-9-19(30-20)17-7-5-16(6-8-17)14(3)25/h5-10,24H,11H2,1-4H3. The molecular formula is C23H21NO6. The molecule has 7 nitrogen and oxygen atoms in total. The van der Waals surface area contributed by atoms with Crippen LogP contribution in [0.3, 0.4) is 0 Å². The first-order valence-corrected chi connectivity index (χ1v) is 9.30. The highest BCUT2D eigenvalue weighted by Gasteiger charge is 2.22. The second-order valence-corrected chi connectivity index (χ2v) is 6.98. The van der Waals surface area contributed by atoms with Crippen LogP contribution in [0.1, 0.15) is 66.9 Å². The van der Waals surface area contributed by atoms with Gasteiger partial charge < -0.3 is 14.1 Å². The van der Waals surface area contributed by atoms with Gasteiger partial charge in [0.2, 0.25) is 11.5 Å². The number of furan rings is 1. The van der Waals surface area contributed by atoms with Crippen molar-refractivity contribution in [3.8, 4) is 11.3 Å². The van der Waals surface area contributed by atoms with Crippen molar-refractivity contribution in [3.05, 3.63) is 70.2 Å². The molecule has 0 aliphatic rings. The number of hydrogen-bond acceptors (Lipinski definition) is 6. The van der Waals surface area contributed by atoms with Crippen LogP contribution in [0.25, 0.3) is 11.3 Å². The van der Waals surface area contributed by atoms with Crippen LogP contribution in [-0.2, 0) is 4.74 Å². The van der Waals surface area contributed by atoms with Crippen molar-refractivity contribution in [1.29, 1.82) is 0 Å². The third kappa shape index (κ3) is 4.15. The van der Waals surface area contributed by atoms with E-state index in [1.807, 2.05) is 0 Å². The van der Waals surface area contributed by atoms with Gasteiger partial charge in [-0.15, -0.1) is 0 Å². The smallest absolute Gasteiger partial charge is 0.374 e. The van der Waals surface area contributed by atoms with E-state index in [2.05, 4.69) is 4.98 Å². The number of Topliss-reactive ketones (excluding diaryl/α,β-unsaturated/α-hetero) is 3. The van der Waals surface area contributed by atoms with Crippen LogP contribution in [0.15, 0.2) is 40.8 Å². The summed E-state index contributed by atoms with van der Waals surface area (Å²) in [6, 6.07) is 9.85. The molecule has 0 radical (unpaired) electrons. The van der Waals surface area contributed by atoms with E-state index < -0.39 is 18.4 Å². The molecule has 1 aromatic carbocycles. The van der Waals surface area contributed by atoms with Gasteiger partial charge in [-0.05, 0) is 45.4 Å². The van der Waals surface area contributed by atoms with Gasteiger partial charge in [0.15, 0.2) is 18.2 Å². The fourth-order valence-corrected chi connectivity index (χ4v) is 3.30. The number of aryl methyl sites for hydroxylation is 1. The molecule has 0 atom stereocenters. The number of hydrogen-bond donors (Lipinski definition) is 1. The molecule has 0 aliphatic heterocycles. The number of nitrogens with one attached hydrogen (secondary N) is 1. The van der Waals surface area contributed by atoms with E-state index >= 15 is 0 Å². The van der Waals surface area contributed by atoms with E-state index in [0.29, 0.717) is 33.7 Å². The number of ketones is 3. The fourth-order valence-electron chi connectivity index (χ4n) is 3.30. The lowest BCUT2D eigenvalue weighted by molar-refractivity contribution is 0.0443. The van der Waals surface area contributed by atoms with E-state index in [9.17, 15) is 19.2 Å². The summed E-state index contributed by atoms with van der Waals surface area (Å²) in [6.45, 7) is 5.81. The minimum absolute atomic E-state index is 0.0437. The predicted molar refractivity (Wildman–Crippen MR) is 109 cm³/mol. The van der Waals surface area contributed by atoms with Crippen molar-refractivity contribution in [1.82, 2.24) is 4.98 Å². The van der Waals surface area contributed by atoms with Gasteiger partial charge in [0.1, 0.15) is 5.76 Å². The highest BCUT2D eigenvalue weighted by molar-refractivity contribution is 6.04. The summed E-state index contributed by atoms with van der Waals surface area (Å²) >= 11 is 0. The van der Waals surface area contributed by atoms with E-state index in [1.54, 1.807) is 44.2 Å². The number of H-pyrrole nitrogens is 1. The Morgan fingerprint density at radius 3 is 2.17 bits per heavy atom. The molecule has 0 bridgehead atoms. The molecule has 0 fully saturated rings. The summed E-state index contributed by atoms with van der Waals surface area (Å²) in [5.74, 6) is -1.01. The Morgan fingerprint density at radius 2 is 1.60 bits per heavy atom. The predicted octanol–water partition coefficient (Wildman–Crippen LogP) is 4.34. The molecule has 154 valence electrons. The minimum atomic E-state index is -0.775. The second-order valence-electron chi connectivity index (χ2n) is 6.98. The van der Waals surface area contributed by atoms with Crippen LogP contribution in [0.4, 0.5) is 0 Å². The highest BCUT2D eigenvalue weighted by atomic mass is 16.5. The monoisotopic (exact) mass is 407 g/mol. The SMILES string of the molecule is CC(=O)c1ccc(-c2ccc(C(=O)OCC(=O)c3[nH]c(C)c(C(C)=O)c3C)o2)cc1. The van der Waals surface area contributed by atoms with E-state index in [1.165, 1.54) is 19.9 Å². The van der Waals surface area contributed by atoms with Gasteiger partial charge in [0.25, 0.3) is 0 Å². The fraction of sp³-hybridized carbons (Fsp3) is 0.217. The minimum Gasteiger partial charge on any atom is -0.451 e. The summed E-state index contributed by atoms with van der Waals surface area (Å²) in [6.07, 6.45) is 0. The molecule has 0 saturated heterocycles. The molecule has 3 rings (SSSR count). The van der Waals surface area contributed by atoms with E-state index in [-0.39, 0.29) is 23.0 Å². The van der Waals surface area contributed by atoms with Crippen LogP contribution in [0.2, 0.25) is 0 Å². The maximum atomic E-state index is 12.4. The average Bonchev–Trinajstić information content (AvgIpc) is 3.30. The second kappa shape index (κ2) is 8.32. The first kappa shape index (κ1) is 21.0. The van der Waals surface area contributed by atoms with Gasteiger partial charge in [0.05, 0.1) is 5.69 Å². The molecular weight excluding hydrogens is 386 g/mol. The number of rotatable bonds is 7. The summed E-state index contributed by atoms with van der Waals surface area (Å²) < 4.78 is 10.6. The molecule has 2 aromatic heterocycles. The van der Waals surface area contributed by atoms with Crippen molar-refractivity contribution >= 4 is 23.3 Å². The number of carbonyl (C=O) groups is 4. The third-order valence-corrected chi connectivity index (χ3v) is 4.79. The molecule has 0 saturated carbocycles. The van der Waals surface area contributed by atoms with Crippen LogP contribution in [0.5, 0.6) is 0 Å². The van der Waals surface area contributed by atoms with Crippen LogP contribution in [0, 0.1) is 13.8 Å². The molecule has 3 aromatic rings. The molecule has 0 aliphatic carbocycles. The molecule has 0 amide bonds. The lowest BCUT2D eigenvalue weighted by Crippen LogP contribution is -2.15. The third-order valence-electron chi connectivity index (χ3n) is 4.79. The first-order chi connectivity index (χ1) is 14.2. The summed E-state index contributed by atoms with van der Waals surface area (Å²) in [5.41, 5.74) is 3.12. The molecule has 1 N–H and O–H groups in total. The van der Waals surface area contributed by atoms with E-state index in [4.69, 9.17) is 9.15 Å². The number of ether oxygens (including phenoxy) is 1. The Labute approximate surface area is 173 Å². The van der Waals surface area contributed by atoms with Gasteiger partial charge in [-0.3, -0.25) is 14.4 Å². The Balaban J connectivity index is 1.67. The Bertz CT molecular complexity index is 1150. The quantitative estimate of drug-likeness (QED) is 0.461. The van der Waals surface area contributed by atoms with Crippen molar-refractivity contribution in [2.24, 2.45) is 0 Å². The number of carbonyl (C=O) groups excluding carboxylic acids is 4. The zero-order valence-electron chi connectivity index (χ0n) is 17.1. The molecule has 2 heterocycles. The van der Waals surface area contributed by atoms with Crippen LogP contribution in [-0.4, -0.2) is 34.9 Å². The Kier molecular flexibility index (Phi) is 5.82. The zero-order chi connectivity index (χ0) is 22.0. The lowest BCUT2D eigenvalue weighted by atomic mass is 10.1.